The summed E-state index contributed by atoms with van der Waals surface area (Å²) in [6.07, 6.45) is 0.517. The molecule has 2 N–H and O–H groups in total. The van der Waals surface area contributed by atoms with E-state index in [-0.39, 0.29) is 36.3 Å². The number of aromatic nitrogens is 6. The molecule has 0 saturated carbocycles. The normalized spacial score (nSPS) is 20.3. The Morgan fingerprint density at radius 1 is 0.977 bits per heavy atom. The number of nitrogens with zero attached hydrogens (tertiary/aromatic N) is 6. The van der Waals surface area contributed by atoms with E-state index in [1.165, 1.54) is 18.0 Å². The van der Waals surface area contributed by atoms with Crippen molar-refractivity contribution in [1.82, 2.24) is 35.5 Å². The third kappa shape index (κ3) is 6.57. The molecule has 220 valence electrons. The molecule has 1 amide bonds. The lowest BCUT2D eigenvalue weighted by atomic mass is 9.91. The molecule has 3 heterocycles. The van der Waals surface area contributed by atoms with Crippen LogP contribution >= 0.6 is 11.8 Å². The van der Waals surface area contributed by atoms with Crippen molar-refractivity contribution in [1.29, 1.82) is 0 Å². The molecule has 4 atom stereocenters. The Kier molecular flexibility index (Phi) is 8.70. The van der Waals surface area contributed by atoms with Crippen LogP contribution in [0.5, 0.6) is 0 Å². The van der Waals surface area contributed by atoms with Crippen LogP contribution < -0.4 is 5.32 Å². The van der Waals surface area contributed by atoms with Crippen LogP contribution in [0.25, 0.3) is 11.0 Å². The summed E-state index contributed by atoms with van der Waals surface area (Å²) < 4.78 is 14.7. The van der Waals surface area contributed by atoms with Crippen LogP contribution in [0.15, 0.2) is 84.1 Å². The van der Waals surface area contributed by atoms with Crippen molar-refractivity contribution in [3.05, 3.63) is 107 Å². The Bertz CT molecular complexity index is 1700. The molecule has 1 aliphatic rings. The first-order valence-corrected chi connectivity index (χ1v) is 14.9. The number of hydrogen-bond acceptors (Lipinski definition) is 10. The topological polar surface area (TPSA) is 137 Å². The maximum absolute atomic E-state index is 12.7. The number of aliphatic hydroxyl groups excluding tert-OH is 1. The van der Waals surface area contributed by atoms with Gasteiger partial charge < -0.3 is 19.9 Å². The fraction of sp³-hybridized carbons (Fsp3) is 0.290. The van der Waals surface area contributed by atoms with E-state index in [1.54, 1.807) is 4.68 Å². The Labute approximate surface area is 252 Å². The number of benzene rings is 3. The Morgan fingerprint density at radius 3 is 2.42 bits per heavy atom. The van der Waals surface area contributed by atoms with Gasteiger partial charge in [-0.2, -0.15) is 0 Å². The summed E-state index contributed by atoms with van der Waals surface area (Å²) in [6.45, 7) is 2.44. The second kappa shape index (κ2) is 13.0. The van der Waals surface area contributed by atoms with E-state index in [9.17, 15) is 9.90 Å². The van der Waals surface area contributed by atoms with E-state index >= 15 is 0 Å². The summed E-state index contributed by atoms with van der Waals surface area (Å²) in [5.74, 6) is 0.392. The minimum Gasteiger partial charge on any atom is -0.392 e. The third-order valence-corrected chi connectivity index (χ3v) is 8.57. The predicted octanol–water partition coefficient (Wildman–Crippen LogP) is 4.16. The van der Waals surface area contributed by atoms with Crippen molar-refractivity contribution in [3.8, 4) is 0 Å². The van der Waals surface area contributed by atoms with Gasteiger partial charge in [-0.1, -0.05) is 79.3 Å². The molecule has 0 radical (unpaired) electrons. The van der Waals surface area contributed by atoms with Gasteiger partial charge >= 0.3 is 0 Å². The summed E-state index contributed by atoms with van der Waals surface area (Å²) in [6, 6.07) is 23.1. The van der Waals surface area contributed by atoms with E-state index in [2.05, 4.69) is 37.7 Å². The number of carbonyl (C=O) groups is 1. The van der Waals surface area contributed by atoms with Crippen LogP contribution in [0.3, 0.4) is 0 Å². The highest BCUT2D eigenvalue weighted by atomic mass is 32.2. The van der Waals surface area contributed by atoms with Gasteiger partial charge in [0.25, 0.3) is 5.91 Å². The summed E-state index contributed by atoms with van der Waals surface area (Å²) in [5.41, 5.74) is 5.35. The average molecular weight is 598 g/mol. The molecule has 0 unspecified atom stereocenters. The monoisotopic (exact) mass is 597 g/mol. The fourth-order valence-corrected chi connectivity index (χ4v) is 5.96. The van der Waals surface area contributed by atoms with Gasteiger partial charge in [0.2, 0.25) is 5.16 Å². The van der Waals surface area contributed by atoms with Crippen LogP contribution in [-0.4, -0.2) is 53.0 Å². The van der Waals surface area contributed by atoms with Gasteiger partial charge in [-0.3, -0.25) is 9.78 Å². The number of fused-ring (bicyclic) bond motifs is 1. The van der Waals surface area contributed by atoms with Crippen LogP contribution in [0, 0.1) is 5.92 Å². The quantitative estimate of drug-likeness (QED) is 0.238. The number of rotatable bonds is 9. The molecule has 43 heavy (non-hydrogen) atoms. The highest BCUT2D eigenvalue weighted by Gasteiger charge is 2.38. The van der Waals surface area contributed by atoms with Crippen molar-refractivity contribution in [2.24, 2.45) is 13.0 Å². The zero-order valence-corrected chi connectivity index (χ0v) is 24.5. The van der Waals surface area contributed by atoms with Crippen molar-refractivity contribution in [3.63, 3.8) is 0 Å². The first-order chi connectivity index (χ1) is 21.0. The number of carbonyl (C=O) groups excluding carboxylic acids is 1. The molecule has 0 spiro atoms. The van der Waals surface area contributed by atoms with E-state index in [1.807, 2.05) is 79.8 Å². The molecule has 1 saturated heterocycles. The third-order valence-electron chi connectivity index (χ3n) is 7.47. The van der Waals surface area contributed by atoms with Gasteiger partial charge in [0.1, 0.15) is 5.69 Å². The predicted molar refractivity (Wildman–Crippen MR) is 160 cm³/mol. The van der Waals surface area contributed by atoms with Crippen molar-refractivity contribution >= 4 is 28.7 Å². The molecule has 0 bridgehead atoms. The molecule has 5 aromatic rings. The average Bonchev–Trinajstić information content (AvgIpc) is 3.47. The Morgan fingerprint density at radius 2 is 1.70 bits per heavy atom. The molecule has 11 nitrogen and oxygen atoms in total. The molecule has 3 aromatic carbocycles. The van der Waals surface area contributed by atoms with Gasteiger partial charge in [0, 0.05) is 30.8 Å². The molecule has 1 fully saturated rings. The summed E-state index contributed by atoms with van der Waals surface area (Å²) in [4.78, 5) is 21.5. The van der Waals surface area contributed by atoms with Crippen LogP contribution in [0.1, 0.15) is 52.1 Å². The number of aryl methyl sites for hydroxylation is 1. The van der Waals surface area contributed by atoms with Crippen molar-refractivity contribution in [2.45, 2.75) is 43.7 Å². The summed E-state index contributed by atoms with van der Waals surface area (Å²) in [7, 11) is 1.81. The van der Waals surface area contributed by atoms with E-state index in [0.29, 0.717) is 23.0 Å². The van der Waals surface area contributed by atoms with Crippen LogP contribution in [0.4, 0.5) is 0 Å². The molecular weight excluding hydrogens is 566 g/mol. The number of nitrogens with one attached hydrogen (secondary N) is 1. The summed E-state index contributed by atoms with van der Waals surface area (Å²) >= 11 is 1.54. The zero-order valence-electron chi connectivity index (χ0n) is 23.7. The first-order valence-electron chi connectivity index (χ1n) is 13.9. The fourth-order valence-electron chi connectivity index (χ4n) is 4.94. The second-order valence-corrected chi connectivity index (χ2v) is 11.4. The van der Waals surface area contributed by atoms with Crippen LogP contribution in [0.2, 0.25) is 0 Å². The number of ether oxygens (including phenoxy) is 2. The number of para-hydroxylation sites is 2. The van der Waals surface area contributed by atoms with Crippen molar-refractivity contribution in [2.75, 3.05) is 5.75 Å². The van der Waals surface area contributed by atoms with Gasteiger partial charge in [-0.05, 0) is 39.2 Å². The minimum atomic E-state index is -0.599. The molecular formula is C31H31N7O4S. The first kappa shape index (κ1) is 28.9. The number of aliphatic hydroxyl groups is 1. The molecule has 6 rings (SSSR count). The molecule has 1 aliphatic heterocycles. The second-order valence-electron chi connectivity index (χ2n) is 10.4. The smallest absolute Gasteiger partial charge is 0.271 e. The Hall–Kier alpha value is -4.23. The lowest BCUT2D eigenvalue weighted by Crippen LogP contribution is -2.38. The largest absolute Gasteiger partial charge is 0.392 e. The highest BCUT2D eigenvalue weighted by Crippen LogP contribution is 2.42. The standard InChI is InChI=1S/C31H31N7O4S/c1-19-27(18-43-31-35-36-37-38(31)2)41-30(42-28(19)22-11-9-21(17-39)10-12-22)23-13-7-20(8-14-23)15-33-29(40)26-16-32-24-5-3-4-6-25(24)34-26/h3-14,16,19,27-28,30,39H,15,17-18H2,1-2H3,(H,33,40)/t19-,27+,28+,30+/m0/s1. The maximum atomic E-state index is 12.7. The number of thioether (sulfide) groups is 1. The SMILES string of the molecule is C[C@H]1[C@@H](CSc2nnnn2C)O[C@@H](c2ccc(CNC(=O)c3cnc4ccccc4n3)cc2)O[C@H]1c1ccc(CO)cc1. The minimum absolute atomic E-state index is 0.0133. The van der Waals surface area contributed by atoms with Gasteiger partial charge in [-0.25, -0.2) is 9.67 Å². The number of tetrazole rings is 1. The van der Waals surface area contributed by atoms with Gasteiger partial charge in [-0.15, -0.1) is 5.10 Å². The molecule has 2 aromatic heterocycles. The molecule has 0 aliphatic carbocycles. The highest BCUT2D eigenvalue weighted by molar-refractivity contribution is 7.99. The lowest BCUT2D eigenvalue weighted by Gasteiger charge is -2.41. The van der Waals surface area contributed by atoms with E-state index < -0.39 is 6.29 Å². The Balaban J connectivity index is 1.15. The van der Waals surface area contributed by atoms with Crippen molar-refractivity contribution < 1.29 is 19.4 Å². The van der Waals surface area contributed by atoms with Gasteiger partial charge in [0.15, 0.2) is 6.29 Å². The number of amides is 1. The summed E-state index contributed by atoms with van der Waals surface area (Å²) in [5, 5.41) is 24.9. The number of hydrogen-bond donors (Lipinski definition) is 2. The zero-order chi connectivity index (χ0) is 29.8. The molecule has 12 heteroatoms. The maximum Gasteiger partial charge on any atom is 0.271 e. The van der Waals surface area contributed by atoms with Crippen LogP contribution in [-0.2, 0) is 29.7 Å². The van der Waals surface area contributed by atoms with Gasteiger partial charge in [0.05, 0.1) is 36.0 Å². The van der Waals surface area contributed by atoms with E-state index in [0.717, 1.165) is 27.8 Å². The van der Waals surface area contributed by atoms with E-state index in [4.69, 9.17) is 9.47 Å². The lowest BCUT2D eigenvalue weighted by molar-refractivity contribution is -0.268.